The van der Waals surface area contributed by atoms with Crippen LogP contribution >= 0.6 is 0 Å². The second kappa shape index (κ2) is 8.43. The molecule has 4 rings (SSSR count). The van der Waals surface area contributed by atoms with Crippen LogP contribution in [-0.2, 0) is 24.8 Å². The highest BCUT2D eigenvalue weighted by molar-refractivity contribution is 5.88. The first-order valence-corrected chi connectivity index (χ1v) is 9.94. The van der Waals surface area contributed by atoms with E-state index in [0.29, 0.717) is 28.9 Å². The standard InChI is InChI=1S/C22H24N4O3/c1-26-22(28)18-11-5-4-10-17(18)19(25-26)13-20(27)24-14-15-7-6-12-23-21(15)29-16-8-2-3-9-16/h4-7,10-12,16H,2-3,8-9,13-14H2,1H3,(H,24,27). The van der Waals surface area contributed by atoms with E-state index in [4.69, 9.17) is 4.74 Å². The number of pyridine rings is 1. The van der Waals surface area contributed by atoms with Gasteiger partial charge in [-0.2, -0.15) is 5.10 Å². The van der Waals surface area contributed by atoms with Crippen LogP contribution in [0, 0.1) is 0 Å². The molecule has 29 heavy (non-hydrogen) atoms. The summed E-state index contributed by atoms with van der Waals surface area (Å²) in [6.45, 7) is 0.332. The molecular formula is C22H24N4O3. The van der Waals surface area contributed by atoms with Crippen molar-refractivity contribution in [1.82, 2.24) is 20.1 Å². The lowest BCUT2D eigenvalue weighted by atomic mass is 10.1. The number of ether oxygens (including phenoxy) is 1. The second-order valence-electron chi connectivity index (χ2n) is 7.37. The molecule has 1 aliphatic rings. The van der Waals surface area contributed by atoms with Crippen LogP contribution in [0.4, 0.5) is 0 Å². The van der Waals surface area contributed by atoms with Crippen LogP contribution < -0.4 is 15.6 Å². The Labute approximate surface area is 168 Å². The Balaban J connectivity index is 1.46. The number of aryl methyl sites for hydroxylation is 1. The van der Waals surface area contributed by atoms with E-state index in [1.165, 1.54) is 17.5 Å². The van der Waals surface area contributed by atoms with Crippen molar-refractivity contribution >= 4 is 16.7 Å². The van der Waals surface area contributed by atoms with Crippen molar-refractivity contribution in [1.29, 1.82) is 0 Å². The number of nitrogens with zero attached hydrogens (tertiary/aromatic N) is 3. The number of carbonyl (C=O) groups is 1. The lowest BCUT2D eigenvalue weighted by Gasteiger charge is -2.15. The number of hydrogen-bond donors (Lipinski definition) is 1. The van der Waals surface area contributed by atoms with Crippen LogP contribution in [0.5, 0.6) is 5.88 Å². The summed E-state index contributed by atoms with van der Waals surface area (Å²) < 4.78 is 7.31. The highest BCUT2D eigenvalue weighted by Crippen LogP contribution is 2.25. The van der Waals surface area contributed by atoms with Crippen molar-refractivity contribution in [3.8, 4) is 5.88 Å². The monoisotopic (exact) mass is 392 g/mol. The van der Waals surface area contributed by atoms with Crippen molar-refractivity contribution in [2.24, 2.45) is 7.05 Å². The minimum atomic E-state index is -0.172. The molecule has 3 aromatic rings. The van der Waals surface area contributed by atoms with Gasteiger partial charge in [0.25, 0.3) is 5.56 Å². The van der Waals surface area contributed by atoms with Gasteiger partial charge in [-0.1, -0.05) is 24.3 Å². The number of carbonyl (C=O) groups excluding carboxylic acids is 1. The Morgan fingerprint density at radius 2 is 1.93 bits per heavy atom. The molecule has 2 heterocycles. The molecule has 0 unspecified atom stereocenters. The fourth-order valence-corrected chi connectivity index (χ4v) is 3.74. The minimum absolute atomic E-state index is 0.0910. The van der Waals surface area contributed by atoms with Crippen LogP contribution in [0.25, 0.3) is 10.8 Å². The van der Waals surface area contributed by atoms with Gasteiger partial charge in [0, 0.05) is 30.7 Å². The molecule has 150 valence electrons. The van der Waals surface area contributed by atoms with Crippen LogP contribution in [-0.4, -0.2) is 26.8 Å². The summed E-state index contributed by atoms with van der Waals surface area (Å²) in [6, 6.07) is 11.0. The third kappa shape index (κ3) is 4.29. The molecule has 0 spiro atoms. The van der Waals surface area contributed by atoms with Crippen molar-refractivity contribution in [2.75, 3.05) is 0 Å². The Kier molecular flexibility index (Phi) is 5.55. The van der Waals surface area contributed by atoms with Gasteiger partial charge >= 0.3 is 0 Å². The summed E-state index contributed by atoms with van der Waals surface area (Å²) >= 11 is 0. The summed E-state index contributed by atoms with van der Waals surface area (Å²) in [6.07, 6.45) is 6.47. The van der Waals surface area contributed by atoms with Crippen molar-refractivity contribution < 1.29 is 9.53 Å². The molecule has 0 saturated heterocycles. The Morgan fingerprint density at radius 3 is 2.72 bits per heavy atom. The first kappa shape index (κ1) is 19.1. The highest BCUT2D eigenvalue weighted by Gasteiger charge is 2.19. The van der Waals surface area contributed by atoms with Gasteiger partial charge in [0.05, 0.1) is 17.5 Å². The minimum Gasteiger partial charge on any atom is -0.474 e. The van der Waals surface area contributed by atoms with Gasteiger partial charge < -0.3 is 10.1 Å². The van der Waals surface area contributed by atoms with E-state index < -0.39 is 0 Å². The number of nitrogens with one attached hydrogen (secondary N) is 1. The summed E-state index contributed by atoms with van der Waals surface area (Å²) in [7, 11) is 1.60. The Morgan fingerprint density at radius 1 is 1.17 bits per heavy atom. The van der Waals surface area contributed by atoms with Crippen LogP contribution in [0.2, 0.25) is 0 Å². The second-order valence-corrected chi connectivity index (χ2v) is 7.37. The predicted octanol–water partition coefficient (Wildman–Crippen LogP) is 2.51. The van der Waals surface area contributed by atoms with Gasteiger partial charge in [0.2, 0.25) is 11.8 Å². The average Bonchev–Trinajstić information content (AvgIpc) is 3.24. The van der Waals surface area contributed by atoms with Crippen LogP contribution in [0.1, 0.15) is 36.9 Å². The van der Waals surface area contributed by atoms with Gasteiger partial charge in [0.1, 0.15) is 6.10 Å². The molecule has 0 bridgehead atoms. The molecule has 7 nitrogen and oxygen atoms in total. The lowest BCUT2D eigenvalue weighted by molar-refractivity contribution is -0.120. The number of aromatic nitrogens is 3. The maximum Gasteiger partial charge on any atom is 0.274 e. The van der Waals surface area contributed by atoms with Gasteiger partial charge in [-0.15, -0.1) is 0 Å². The molecule has 0 radical (unpaired) electrons. The van der Waals surface area contributed by atoms with E-state index in [2.05, 4.69) is 15.4 Å². The Hall–Kier alpha value is -3.22. The Bertz CT molecular complexity index is 1090. The zero-order valence-corrected chi connectivity index (χ0v) is 16.4. The van der Waals surface area contributed by atoms with Gasteiger partial charge in [-0.05, 0) is 37.8 Å². The summed E-state index contributed by atoms with van der Waals surface area (Å²) in [5.41, 5.74) is 1.26. The van der Waals surface area contributed by atoms with Gasteiger partial charge in [-0.3, -0.25) is 9.59 Å². The molecule has 1 amide bonds. The normalized spacial score (nSPS) is 14.2. The lowest BCUT2D eigenvalue weighted by Crippen LogP contribution is -2.28. The van der Waals surface area contributed by atoms with Crippen molar-refractivity contribution in [2.45, 2.75) is 44.8 Å². The molecule has 1 aliphatic carbocycles. The number of hydrogen-bond acceptors (Lipinski definition) is 5. The SMILES string of the molecule is Cn1nc(CC(=O)NCc2cccnc2OC2CCCC2)c2ccccc2c1=O. The number of fused-ring (bicyclic) bond motifs is 1. The number of benzene rings is 1. The summed E-state index contributed by atoms with van der Waals surface area (Å²) in [5.74, 6) is 0.419. The molecule has 1 fully saturated rings. The molecule has 2 aromatic heterocycles. The van der Waals surface area contributed by atoms with E-state index in [9.17, 15) is 9.59 Å². The number of rotatable bonds is 6. The maximum atomic E-state index is 12.6. The summed E-state index contributed by atoms with van der Waals surface area (Å²) in [5, 5.41) is 8.48. The van der Waals surface area contributed by atoms with E-state index in [1.807, 2.05) is 30.3 Å². The number of amides is 1. The molecule has 1 aromatic carbocycles. The first-order valence-electron chi connectivity index (χ1n) is 9.94. The fraction of sp³-hybridized carbons (Fsp3) is 0.364. The highest BCUT2D eigenvalue weighted by atomic mass is 16.5. The predicted molar refractivity (Wildman–Crippen MR) is 110 cm³/mol. The van der Waals surface area contributed by atoms with Crippen LogP contribution in [0.15, 0.2) is 47.4 Å². The maximum absolute atomic E-state index is 12.6. The zero-order chi connectivity index (χ0) is 20.2. The molecule has 1 N–H and O–H groups in total. The topological polar surface area (TPSA) is 86.1 Å². The van der Waals surface area contributed by atoms with E-state index in [0.717, 1.165) is 18.4 Å². The molecule has 7 heteroatoms. The zero-order valence-electron chi connectivity index (χ0n) is 16.4. The quantitative estimate of drug-likeness (QED) is 0.697. The van der Waals surface area contributed by atoms with E-state index >= 15 is 0 Å². The summed E-state index contributed by atoms with van der Waals surface area (Å²) in [4.78, 5) is 29.2. The smallest absolute Gasteiger partial charge is 0.274 e. The van der Waals surface area contributed by atoms with Crippen molar-refractivity contribution in [3.63, 3.8) is 0 Å². The fourth-order valence-electron chi connectivity index (χ4n) is 3.74. The molecule has 0 atom stereocenters. The largest absolute Gasteiger partial charge is 0.474 e. The van der Waals surface area contributed by atoms with Gasteiger partial charge in [-0.25, -0.2) is 9.67 Å². The van der Waals surface area contributed by atoms with Gasteiger partial charge in [0.15, 0.2) is 0 Å². The molecule has 0 aliphatic heterocycles. The third-order valence-electron chi connectivity index (χ3n) is 5.27. The molecular weight excluding hydrogens is 368 g/mol. The van der Waals surface area contributed by atoms with Crippen molar-refractivity contribution in [3.05, 3.63) is 64.2 Å². The third-order valence-corrected chi connectivity index (χ3v) is 5.27. The first-order chi connectivity index (χ1) is 14.1. The molecule has 1 saturated carbocycles. The van der Waals surface area contributed by atoms with Crippen LogP contribution in [0.3, 0.4) is 0 Å². The van der Waals surface area contributed by atoms with E-state index in [-0.39, 0.29) is 24.0 Å². The average molecular weight is 392 g/mol. The van der Waals surface area contributed by atoms with E-state index in [1.54, 1.807) is 19.3 Å².